The number of aryl methyl sites for hydroxylation is 1. The van der Waals surface area contributed by atoms with Crippen LogP contribution < -0.4 is 5.32 Å². The van der Waals surface area contributed by atoms with Crippen molar-refractivity contribution in [1.82, 2.24) is 15.5 Å². The van der Waals surface area contributed by atoms with Crippen molar-refractivity contribution in [3.63, 3.8) is 0 Å². The fraction of sp³-hybridized carbons (Fsp3) is 0.571. The van der Waals surface area contributed by atoms with Crippen LogP contribution in [0.15, 0.2) is 0 Å². The monoisotopic (exact) mass is 303 g/mol. The molecule has 1 N–H and O–H groups in total. The van der Waals surface area contributed by atoms with Crippen molar-refractivity contribution in [1.29, 1.82) is 0 Å². The molecule has 0 aliphatic rings. The molecule has 90 valence electrons. The number of hydrogen-bond acceptors (Lipinski definition) is 5. The largest absolute Gasteiger partial charge is 0.445 e. The van der Waals surface area contributed by atoms with Gasteiger partial charge in [0.15, 0.2) is 0 Å². The molecular formula is C7H8Cl3N3O2S. The minimum atomic E-state index is -1.60. The molecule has 0 bridgehead atoms. The second-order valence-electron chi connectivity index (χ2n) is 2.76. The molecule has 1 heterocycles. The first-order valence-electron chi connectivity index (χ1n) is 4.13. The van der Waals surface area contributed by atoms with E-state index in [1.807, 2.05) is 6.92 Å². The van der Waals surface area contributed by atoms with Gasteiger partial charge in [-0.15, -0.1) is 10.2 Å². The smallest absolute Gasteiger partial charge is 0.407 e. The van der Waals surface area contributed by atoms with Crippen LogP contribution in [-0.4, -0.2) is 26.7 Å². The molecule has 0 aliphatic carbocycles. The molecule has 0 fully saturated rings. The number of alkyl carbamates (subject to hydrolysis) is 1. The van der Waals surface area contributed by atoms with Crippen molar-refractivity contribution in [2.24, 2.45) is 0 Å². The number of amides is 1. The third-order valence-electron chi connectivity index (χ3n) is 1.32. The van der Waals surface area contributed by atoms with Gasteiger partial charge in [-0.3, -0.25) is 0 Å². The Morgan fingerprint density at radius 1 is 1.50 bits per heavy atom. The minimum Gasteiger partial charge on any atom is -0.445 e. The SMILES string of the molecule is Cc1nnc(CNC(=O)OCC(Cl)(Cl)Cl)s1. The summed E-state index contributed by atoms with van der Waals surface area (Å²) in [5.41, 5.74) is 0. The molecule has 9 heteroatoms. The Bertz CT molecular complexity index is 366. The van der Waals surface area contributed by atoms with Gasteiger partial charge in [0.05, 0.1) is 6.54 Å². The van der Waals surface area contributed by atoms with E-state index in [1.165, 1.54) is 11.3 Å². The average Bonchev–Trinajstić information content (AvgIpc) is 2.57. The number of halogens is 3. The Kier molecular flexibility index (Phi) is 5.04. The summed E-state index contributed by atoms with van der Waals surface area (Å²) in [5.74, 6) is 0. The van der Waals surface area contributed by atoms with E-state index >= 15 is 0 Å². The Labute approximate surface area is 111 Å². The van der Waals surface area contributed by atoms with Gasteiger partial charge in [0.1, 0.15) is 16.6 Å². The van der Waals surface area contributed by atoms with Gasteiger partial charge in [-0.2, -0.15) is 0 Å². The van der Waals surface area contributed by atoms with Crippen molar-refractivity contribution in [3.8, 4) is 0 Å². The number of aromatic nitrogens is 2. The highest BCUT2D eigenvalue weighted by atomic mass is 35.6. The van der Waals surface area contributed by atoms with Crippen LogP contribution in [0, 0.1) is 6.92 Å². The molecule has 16 heavy (non-hydrogen) atoms. The van der Waals surface area contributed by atoms with Gasteiger partial charge in [0.2, 0.25) is 3.79 Å². The number of nitrogens with zero attached hydrogens (tertiary/aromatic N) is 2. The van der Waals surface area contributed by atoms with Gasteiger partial charge in [-0.05, 0) is 6.92 Å². The average molecular weight is 305 g/mol. The first-order chi connectivity index (χ1) is 7.37. The van der Waals surface area contributed by atoms with Gasteiger partial charge < -0.3 is 10.1 Å². The van der Waals surface area contributed by atoms with Crippen LogP contribution in [-0.2, 0) is 11.3 Å². The van der Waals surface area contributed by atoms with Gasteiger partial charge >= 0.3 is 6.09 Å². The summed E-state index contributed by atoms with van der Waals surface area (Å²) in [6, 6.07) is 0. The quantitative estimate of drug-likeness (QED) is 0.871. The molecule has 0 radical (unpaired) electrons. The van der Waals surface area contributed by atoms with E-state index in [1.54, 1.807) is 0 Å². The molecule has 0 aromatic carbocycles. The van der Waals surface area contributed by atoms with Gasteiger partial charge in [-0.1, -0.05) is 46.1 Å². The number of nitrogens with one attached hydrogen (secondary N) is 1. The highest BCUT2D eigenvalue weighted by Crippen LogP contribution is 2.25. The van der Waals surface area contributed by atoms with Crippen LogP contribution in [0.4, 0.5) is 4.79 Å². The first kappa shape index (κ1) is 13.8. The minimum absolute atomic E-state index is 0.240. The Morgan fingerprint density at radius 2 is 2.19 bits per heavy atom. The van der Waals surface area contributed by atoms with E-state index in [2.05, 4.69) is 20.3 Å². The zero-order chi connectivity index (χ0) is 12.2. The van der Waals surface area contributed by atoms with E-state index in [0.717, 1.165) is 5.01 Å². The van der Waals surface area contributed by atoms with E-state index in [4.69, 9.17) is 34.8 Å². The lowest BCUT2D eigenvalue weighted by Crippen LogP contribution is -2.27. The number of hydrogen-bond donors (Lipinski definition) is 1. The number of ether oxygens (including phenoxy) is 1. The van der Waals surface area contributed by atoms with Crippen LogP contribution in [0.1, 0.15) is 10.0 Å². The highest BCUT2D eigenvalue weighted by Gasteiger charge is 2.22. The number of rotatable bonds is 3. The van der Waals surface area contributed by atoms with Crippen molar-refractivity contribution in [3.05, 3.63) is 10.0 Å². The van der Waals surface area contributed by atoms with E-state index in [0.29, 0.717) is 5.01 Å². The number of carbonyl (C=O) groups is 1. The third kappa shape index (κ3) is 5.69. The summed E-state index contributed by atoms with van der Waals surface area (Å²) in [6.07, 6.45) is -0.667. The summed E-state index contributed by atoms with van der Waals surface area (Å²) >= 11 is 17.6. The molecule has 0 saturated carbocycles. The number of carbonyl (C=O) groups excluding carboxylic acids is 1. The normalized spacial score (nSPS) is 11.2. The fourth-order valence-electron chi connectivity index (χ4n) is 0.755. The molecule has 0 atom stereocenters. The summed E-state index contributed by atoms with van der Waals surface area (Å²) in [5, 5.41) is 11.6. The molecule has 1 amide bonds. The van der Waals surface area contributed by atoms with Crippen molar-refractivity contribution in [2.45, 2.75) is 17.3 Å². The van der Waals surface area contributed by atoms with E-state index in [-0.39, 0.29) is 13.2 Å². The molecule has 0 aliphatic heterocycles. The zero-order valence-corrected chi connectivity index (χ0v) is 11.3. The third-order valence-corrected chi connectivity index (χ3v) is 2.48. The van der Waals surface area contributed by atoms with Crippen molar-refractivity contribution >= 4 is 52.2 Å². The Morgan fingerprint density at radius 3 is 2.69 bits per heavy atom. The lowest BCUT2D eigenvalue weighted by Gasteiger charge is -2.11. The summed E-state index contributed by atoms with van der Waals surface area (Å²) in [4.78, 5) is 11.1. The molecule has 0 unspecified atom stereocenters. The topological polar surface area (TPSA) is 64.1 Å². The van der Waals surface area contributed by atoms with Crippen LogP contribution >= 0.6 is 46.1 Å². The molecule has 0 spiro atoms. The summed E-state index contributed by atoms with van der Waals surface area (Å²) in [6.45, 7) is 1.76. The molecule has 0 saturated heterocycles. The molecule has 5 nitrogen and oxygen atoms in total. The van der Waals surface area contributed by atoms with Crippen molar-refractivity contribution < 1.29 is 9.53 Å². The molecule has 1 aromatic rings. The highest BCUT2D eigenvalue weighted by molar-refractivity contribution is 7.11. The fourth-order valence-corrected chi connectivity index (χ4v) is 1.57. The second-order valence-corrected chi connectivity index (χ2v) is 6.54. The zero-order valence-electron chi connectivity index (χ0n) is 8.17. The molecule has 1 rings (SSSR count). The van der Waals surface area contributed by atoms with Crippen molar-refractivity contribution in [2.75, 3.05) is 6.61 Å². The Hall–Kier alpha value is -0.300. The summed E-state index contributed by atoms with van der Waals surface area (Å²) < 4.78 is 3.05. The van der Waals surface area contributed by atoms with Crippen LogP contribution in [0.5, 0.6) is 0 Å². The van der Waals surface area contributed by atoms with Crippen LogP contribution in [0.2, 0.25) is 0 Å². The van der Waals surface area contributed by atoms with Gasteiger partial charge in [0.25, 0.3) is 0 Å². The second kappa shape index (κ2) is 5.86. The Balaban J connectivity index is 2.25. The van der Waals surface area contributed by atoms with Gasteiger partial charge in [0, 0.05) is 0 Å². The molecule has 1 aromatic heterocycles. The van der Waals surface area contributed by atoms with Crippen LogP contribution in [0.25, 0.3) is 0 Å². The number of alkyl halides is 3. The van der Waals surface area contributed by atoms with E-state index in [9.17, 15) is 4.79 Å². The predicted molar refractivity (Wildman–Crippen MR) is 63.1 cm³/mol. The maximum atomic E-state index is 11.1. The molecular weight excluding hydrogens is 297 g/mol. The van der Waals surface area contributed by atoms with Gasteiger partial charge in [-0.25, -0.2) is 4.79 Å². The van der Waals surface area contributed by atoms with E-state index < -0.39 is 9.89 Å². The first-order valence-corrected chi connectivity index (χ1v) is 6.08. The lowest BCUT2D eigenvalue weighted by atomic mass is 10.7. The predicted octanol–water partition coefficient (Wildman–Crippen LogP) is 2.44. The maximum Gasteiger partial charge on any atom is 0.407 e. The standard InChI is InChI=1S/C7H8Cl3N3O2S/c1-4-12-13-5(16-4)2-11-6(14)15-3-7(8,9)10/h2-3H2,1H3,(H,11,14). The lowest BCUT2D eigenvalue weighted by molar-refractivity contribution is 0.148. The maximum absolute atomic E-state index is 11.1. The summed E-state index contributed by atoms with van der Waals surface area (Å²) in [7, 11) is 0. The van der Waals surface area contributed by atoms with Crippen LogP contribution in [0.3, 0.4) is 0 Å².